The molecule has 1 saturated carbocycles. The Kier molecular flexibility index (Phi) is 2.37. The molecule has 2 bridgehead atoms. The Hall–Kier alpha value is -0.0800. The molecule has 1 heterocycles. The van der Waals surface area contributed by atoms with E-state index in [0.29, 0.717) is 0 Å². The smallest absolute Gasteiger partial charge is 0.00985 e. The van der Waals surface area contributed by atoms with Gasteiger partial charge in [0, 0.05) is 12.6 Å². The van der Waals surface area contributed by atoms with Crippen molar-refractivity contribution in [3.8, 4) is 0 Å². The second-order valence-corrected chi connectivity index (χ2v) is 4.31. The van der Waals surface area contributed by atoms with Crippen molar-refractivity contribution >= 4 is 0 Å². The van der Waals surface area contributed by atoms with Gasteiger partial charge >= 0.3 is 0 Å². The van der Waals surface area contributed by atoms with Crippen LogP contribution in [0.4, 0.5) is 0 Å². The molecule has 0 aromatic rings. The molecule has 0 amide bonds. The van der Waals surface area contributed by atoms with Crippen molar-refractivity contribution < 1.29 is 0 Å². The third-order valence-electron chi connectivity index (χ3n) is 3.81. The molecular formula is C10H20N2. The number of likely N-dealkylation sites (tertiary alicyclic amines) is 1. The van der Waals surface area contributed by atoms with E-state index in [2.05, 4.69) is 11.8 Å². The van der Waals surface area contributed by atoms with Gasteiger partial charge in [-0.1, -0.05) is 6.92 Å². The minimum absolute atomic E-state index is 0.831. The van der Waals surface area contributed by atoms with E-state index < -0.39 is 0 Å². The SMILES string of the molecule is CCN1CC2CC1CCC2CN. The number of nitrogens with two attached hydrogens (primary N) is 1. The van der Waals surface area contributed by atoms with E-state index in [-0.39, 0.29) is 0 Å². The highest BCUT2D eigenvalue weighted by molar-refractivity contribution is 4.93. The molecule has 2 rings (SSSR count). The maximum Gasteiger partial charge on any atom is 0.00985 e. The van der Waals surface area contributed by atoms with E-state index >= 15 is 0 Å². The van der Waals surface area contributed by atoms with Gasteiger partial charge in [-0.15, -0.1) is 0 Å². The molecule has 1 saturated heterocycles. The van der Waals surface area contributed by atoms with Crippen LogP contribution in [0.2, 0.25) is 0 Å². The van der Waals surface area contributed by atoms with Gasteiger partial charge in [0.15, 0.2) is 0 Å². The van der Waals surface area contributed by atoms with Crippen LogP contribution >= 0.6 is 0 Å². The Morgan fingerprint density at radius 2 is 2.25 bits per heavy atom. The van der Waals surface area contributed by atoms with Crippen LogP contribution in [0.15, 0.2) is 0 Å². The van der Waals surface area contributed by atoms with Crippen molar-refractivity contribution in [3.63, 3.8) is 0 Å². The lowest BCUT2D eigenvalue weighted by Gasteiger charge is -2.27. The lowest BCUT2D eigenvalue weighted by Crippen LogP contribution is -2.29. The predicted molar refractivity (Wildman–Crippen MR) is 50.9 cm³/mol. The molecule has 0 spiro atoms. The first-order valence-corrected chi connectivity index (χ1v) is 5.29. The van der Waals surface area contributed by atoms with E-state index in [1.165, 1.54) is 32.4 Å². The summed E-state index contributed by atoms with van der Waals surface area (Å²) in [5.41, 5.74) is 5.76. The Labute approximate surface area is 75.1 Å². The summed E-state index contributed by atoms with van der Waals surface area (Å²) in [5.74, 6) is 1.76. The Morgan fingerprint density at radius 1 is 1.42 bits per heavy atom. The molecule has 2 aliphatic rings. The average Bonchev–Trinajstić information content (AvgIpc) is 2.44. The largest absolute Gasteiger partial charge is 0.330 e. The highest BCUT2D eigenvalue weighted by atomic mass is 15.2. The van der Waals surface area contributed by atoms with Crippen molar-refractivity contribution in [2.24, 2.45) is 17.6 Å². The van der Waals surface area contributed by atoms with Gasteiger partial charge in [0.2, 0.25) is 0 Å². The van der Waals surface area contributed by atoms with Crippen molar-refractivity contribution in [1.82, 2.24) is 4.90 Å². The molecule has 70 valence electrons. The maximum absolute atomic E-state index is 5.76. The van der Waals surface area contributed by atoms with Crippen molar-refractivity contribution in [1.29, 1.82) is 0 Å². The van der Waals surface area contributed by atoms with Crippen LogP contribution < -0.4 is 5.73 Å². The lowest BCUT2D eigenvalue weighted by molar-refractivity contribution is 0.245. The number of rotatable bonds is 2. The van der Waals surface area contributed by atoms with Crippen LogP contribution in [0.1, 0.15) is 26.2 Å². The van der Waals surface area contributed by atoms with Crippen molar-refractivity contribution in [3.05, 3.63) is 0 Å². The van der Waals surface area contributed by atoms with Gasteiger partial charge in [0.05, 0.1) is 0 Å². The standard InChI is InChI=1S/C10H20N2/c1-2-12-7-9-5-10(12)4-3-8(9)6-11/h8-10H,2-7,11H2,1H3. The summed E-state index contributed by atoms with van der Waals surface area (Å²) in [5, 5.41) is 0. The van der Waals surface area contributed by atoms with Crippen molar-refractivity contribution in [2.75, 3.05) is 19.6 Å². The third kappa shape index (κ3) is 1.27. The molecule has 3 unspecified atom stereocenters. The van der Waals surface area contributed by atoms with Gasteiger partial charge in [0.25, 0.3) is 0 Å². The fourth-order valence-electron chi connectivity index (χ4n) is 3.01. The Bertz CT molecular complexity index is 156. The second-order valence-electron chi connectivity index (χ2n) is 4.31. The van der Waals surface area contributed by atoms with E-state index in [0.717, 1.165) is 24.4 Å². The van der Waals surface area contributed by atoms with Gasteiger partial charge in [-0.25, -0.2) is 0 Å². The third-order valence-corrected chi connectivity index (χ3v) is 3.81. The first-order valence-electron chi connectivity index (χ1n) is 5.29. The van der Waals surface area contributed by atoms with Crippen LogP contribution in [0, 0.1) is 11.8 Å². The van der Waals surface area contributed by atoms with Crippen LogP contribution in [-0.2, 0) is 0 Å². The molecule has 2 heteroatoms. The summed E-state index contributed by atoms with van der Waals surface area (Å²) in [6, 6.07) is 0.905. The van der Waals surface area contributed by atoms with Crippen LogP contribution in [0.25, 0.3) is 0 Å². The molecule has 12 heavy (non-hydrogen) atoms. The van der Waals surface area contributed by atoms with Gasteiger partial charge in [-0.05, 0) is 44.2 Å². The number of nitrogens with zero attached hydrogens (tertiary/aromatic N) is 1. The quantitative estimate of drug-likeness (QED) is 0.668. The second kappa shape index (κ2) is 3.35. The normalized spacial score (nSPS) is 42.0. The molecule has 0 aromatic heterocycles. The Balaban J connectivity index is 2.00. The topological polar surface area (TPSA) is 29.3 Å². The molecule has 0 radical (unpaired) electrons. The van der Waals surface area contributed by atoms with Crippen LogP contribution in [0.5, 0.6) is 0 Å². The molecule has 1 aliphatic heterocycles. The average molecular weight is 168 g/mol. The van der Waals surface area contributed by atoms with Gasteiger partial charge in [0.1, 0.15) is 0 Å². The molecule has 1 aliphatic carbocycles. The zero-order valence-corrected chi connectivity index (χ0v) is 8.00. The molecular weight excluding hydrogens is 148 g/mol. The van der Waals surface area contributed by atoms with E-state index in [1.54, 1.807) is 0 Å². The molecule has 2 N–H and O–H groups in total. The lowest BCUT2D eigenvalue weighted by atomic mass is 9.80. The summed E-state index contributed by atoms with van der Waals surface area (Å²) in [7, 11) is 0. The van der Waals surface area contributed by atoms with E-state index in [9.17, 15) is 0 Å². The molecule has 3 atom stereocenters. The fraction of sp³-hybridized carbons (Fsp3) is 1.00. The molecule has 2 fully saturated rings. The summed E-state index contributed by atoms with van der Waals surface area (Å²) in [6.07, 6.45) is 4.20. The molecule has 2 nitrogen and oxygen atoms in total. The Morgan fingerprint density at radius 3 is 2.92 bits per heavy atom. The van der Waals surface area contributed by atoms with Gasteiger partial charge in [-0.3, -0.25) is 0 Å². The van der Waals surface area contributed by atoms with E-state index in [1.807, 2.05) is 0 Å². The fourth-order valence-corrected chi connectivity index (χ4v) is 3.01. The minimum Gasteiger partial charge on any atom is -0.330 e. The zero-order chi connectivity index (χ0) is 8.55. The monoisotopic (exact) mass is 168 g/mol. The first kappa shape index (κ1) is 8.52. The van der Waals surface area contributed by atoms with Gasteiger partial charge in [-0.2, -0.15) is 0 Å². The predicted octanol–water partition coefficient (Wildman–Crippen LogP) is 1.07. The highest BCUT2D eigenvalue weighted by Crippen LogP contribution is 2.38. The number of hydrogen-bond acceptors (Lipinski definition) is 2. The minimum atomic E-state index is 0.831. The first-order chi connectivity index (χ1) is 5.85. The molecule has 0 aromatic carbocycles. The van der Waals surface area contributed by atoms with E-state index in [4.69, 9.17) is 5.73 Å². The van der Waals surface area contributed by atoms with Crippen molar-refractivity contribution in [2.45, 2.75) is 32.2 Å². The maximum atomic E-state index is 5.76. The van der Waals surface area contributed by atoms with Crippen LogP contribution in [-0.4, -0.2) is 30.6 Å². The van der Waals surface area contributed by atoms with Gasteiger partial charge < -0.3 is 10.6 Å². The zero-order valence-electron chi connectivity index (χ0n) is 8.00. The number of hydrogen-bond donors (Lipinski definition) is 1. The summed E-state index contributed by atoms with van der Waals surface area (Å²) < 4.78 is 0. The summed E-state index contributed by atoms with van der Waals surface area (Å²) in [4.78, 5) is 2.64. The summed E-state index contributed by atoms with van der Waals surface area (Å²) >= 11 is 0. The highest BCUT2D eigenvalue weighted by Gasteiger charge is 2.38. The van der Waals surface area contributed by atoms with Crippen LogP contribution in [0.3, 0.4) is 0 Å². The number of fused-ring (bicyclic) bond motifs is 2. The summed E-state index contributed by atoms with van der Waals surface area (Å²) in [6.45, 7) is 5.74.